The Labute approximate surface area is 134 Å². The smallest absolute Gasteiger partial charge is 0.271 e. The SMILES string of the molecule is COc1ccc(C(=O)NN=C2CCc3cccnc32)cc1OC. The molecule has 3 rings (SSSR count). The predicted octanol–water partition coefficient (Wildman–Crippen LogP) is 2.18. The van der Waals surface area contributed by atoms with E-state index in [1.54, 1.807) is 31.5 Å². The molecule has 0 saturated heterocycles. The first kappa shape index (κ1) is 15.0. The summed E-state index contributed by atoms with van der Waals surface area (Å²) < 4.78 is 10.4. The van der Waals surface area contributed by atoms with Crippen molar-refractivity contribution in [1.82, 2.24) is 10.4 Å². The van der Waals surface area contributed by atoms with Crippen molar-refractivity contribution in [3.8, 4) is 11.5 Å². The van der Waals surface area contributed by atoms with Gasteiger partial charge in [0, 0.05) is 11.8 Å². The number of benzene rings is 1. The van der Waals surface area contributed by atoms with Gasteiger partial charge >= 0.3 is 0 Å². The molecule has 1 aromatic heterocycles. The van der Waals surface area contributed by atoms with E-state index in [0.29, 0.717) is 17.1 Å². The number of hydrogen-bond acceptors (Lipinski definition) is 5. The first-order chi connectivity index (χ1) is 11.2. The molecule has 118 valence electrons. The third-order valence-electron chi connectivity index (χ3n) is 3.73. The number of methoxy groups -OCH3 is 2. The molecule has 2 aromatic rings. The lowest BCUT2D eigenvalue weighted by Crippen LogP contribution is -2.19. The van der Waals surface area contributed by atoms with Crippen LogP contribution in [0.3, 0.4) is 0 Å². The Morgan fingerprint density at radius 2 is 2.00 bits per heavy atom. The maximum Gasteiger partial charge on any atom is 0.271 e. The number of hydrogen-bond donors (Lipinski definition) is 1. The highest BCUT2D eigenvalue weighted by atomic mass is 16.5. The normalized spacial score (nSPS) is 14.4. The van der Waals surface area contributed by atoms with Crippen molar-refractivity contribution in [2.45, 2.75) is 12.8 Å². The lowest BCUT2D eigenvalue weighted by molar-refractivity contribution is 0.0954. The maximum atomic E-state index is 12.2. The third-order valence-corrected chi connectivity index (χ3v) is 3.73. The Kier molecular flexibility index (Phi) is 4.23. The summed E-state index contributed by atoms with van der Waals surface area (Å²) in [5, 5.41) is 4.22. The quantitative estimate of drug-likeness (QED) is 0.878. The molecule has 1 amide bonds. The van der Waals surface area contributed by atoms with Gasteiger partial charge in [-0.25, -0.2) is 5.43 Å². The van der Waals surface area contributed by atoms with Crippen LogP contribution >= 0.6 is 0 Å². The molecule has 0 unspecified atom stereocenters. The summed E-state index contributed by atoms with van der Waals surface area (Å²) in [4.78, 5) is 16.6. The molecule has 1 aliphatic rings. The van der Waals surface area contributed by atoms with Crippen LogP contribution in [0.25, 0.3) is 0 Å². The van der Waals surface area contributed by atoms with E-state index in [-0.39, 0.29) is 5.91 Å². The van der Waals surface area contributed by atoms with Crippen LogP contribution in [0.4, 0.5) is 0 Å². The fourth-order valence-corrected chi connectivity index (χ4v) is 2.54. The number of amides is 1. The number of fused-ring (bicyclic) bond motifs is 1. The van der Waals surface area contributed by atoms with E-state index >= 15 is 0 Å². The van der Waals surface area contributed by atoms with Crippen molar-refractivity contribution < 1.29 is 14.3 Å². The van der Waals surface area contributed by atoms with Gasteiger partial charge in [0.1, 0.15) is 0 Å². The van der Waals surface area contributed by atoms with Crippen molar-refractivity contribution in [2.75, 3.05) is 14.2 Å². The molecular formula is C17H17N3O3. The zero-order valence-corrected chi connectivity index (χ0v) is 13.0. The highest BCUT2D eigenvalue weighted by Crippen LogP contribution is 2.27. The largest absolute Gasteiger partial charge is 0.493 e. The zero-order valence-electron chi connectivity index (χ0n) is 13.0. The summed E-state index contributed by atoms with van der Waals surface area (Å²) in [7, 11) is 3.08. The molecule has 0 saturated carbocycles. The number of hydrazone groups is 1. The van der Waals surface area contributed by atoms with Crippen LogP contribution in [-0.2, 0) is 6.42 Å². The minimum Gasteiger partial charge on any atom is -0.493 e. The summed E-state index contributed by atoms with van der Waals surface area (Å²) >= 11 is 0. The van der Waals surface area contributed by atoms with Gasteiger partial charge in [-0.1, -0.05) is 6.07 Å². The lowest BCUT2D eigenvalue weighted by atomic mass is 10.2. The van der Waals surface area contributed by atoms with Gasteiger partial charge in [-0.3, -0.25) is 9.78 Å². The summed E-state index contributed by atoms with van der Waals surface area (Å²) in [6.07, 6.45) is 3.41. The average Bonchev–Trinajstić information content (AvgIpc) is 3.02. The lowest BCUT2D eigenvalue weighted by Gasteiger charge is -2.09. The number of carbonyl (C=O) groups excluding carboxylic acids is 1. The summed E-state index contributed by atoms with van der Waals surface area (Å²) in [6, 6.07) is 8.91. The van der Waals surface area contributed by atoms with E-state index < -0.39 is 0 Å². The Hall–Kier alpha value is -2.89. The Bertz CT molecular complexity index is 771. The van der Waals surface area contributed by atoms with Gasteiger partial charge in [0.15, 0.2) is 11.5 Å². The monoisotopic (exact) mass is 311 g/mol. The fraction of sp³-hybridized carbons (Fsp3) is 0.235. The van der Waals surface area contributed by atoms with Crippen LogP contribution in [0.1, 0.15) is 28.0 Å². The molecular weight excluding hydrogens is 294 g/mol. The summed E-state index contributed by atoms with van der Waals surface area (Å²) in [5.41, 5.74) is 5.85. The number of nitrogens with zero attached hydrogens (tertiary/aromatic N) is 2. The van der Waals surface area contributed by atoms with Crippen LogP contribution in [0.15, 0.2) is 41.6 Å². The van der Waals surface area contributed by atoms with Crippen molar-refractivity contribution in [1.29, 1.82) is 0 Å². The van der Waals surface area contributed by atoms with E-state index in [0.717, 1.165) is 29.8 Å². The van der Waals surface area contributed by atoms with Gasteiger partial charge in [0.05, 0.1) is 25.6 Å². The van der Waals surface area contributed by atoms with Crippen LogP contribution in [-0.4, -0.2) is 30.8 Å². The molecule has 1 heterocycles. The molecule has 6 heteroatoms. The third kappa shape index (κ3) is 3.01. The van der Waals surface area contributed by atoms with Crippen molar-refractivity contribution in [2.24, 2.45) is 5.10 Å². The van der Waals surface area contributed by atoms with E-state index in [2.05, 4.69) is 15.5 Å². The molecule has 1 N–H and O–H groups in total. The van der Waals surface area contributed by atoms with E-state index in [1.807, 2.05) is 12.1 Å². The van der Waals surface area contributed by atoms with Crippen molar-refractivity contribution in [3.63, 3.8) is 0 Å². The number of pyridine rings is 1. The molecule has 0 radical (unpaired) electrons. The first-order valence-corrected chi connectivity index (χ1v) is 7.26. The van der Waals surface area contributed by atoms with Crippen molar-refractivity contribution >= 4 is 11.6 Å². The van der Waals surface area contributed by atoms with Crippen LogP contribution in [0.2, 0.25) is 0 Å². The molecule has 0 spiro atoms. The van der Waals surface area contributed by atoms with E-state index in [1.165, 1.54) is 7.11 Å². The van der Waals surface area contributed by atoms with E-state index in [9.17, 15) is 4.79 Å². The second-order valence-corrected chi connectivity index (χ2v) is 5.08. The van der Waals surface area contributed by atoms with Gasteiger partial charge in [-0.2, -0.15) is 5.10 Å². The number of ether oxygens (including phenoxy) is 2. The highest BCUT2D eigenvalue weighted by Gasteiger charge is 2.19. The van der Waals surface area contributed by atoms with E-state index in [4.69, 9.17) is 9.47 Å². The van der Waals surface area contributed by atoms with Gasteiger partial charge < -0.3 is 9.47 Å². The van der Waals surface area contributed by atoms with Gasteiger partial charge in [0.2, 0.25) is 0 Å². The number of aryl methyl sites for hydroxylation is 1. The molecule has 0 atom stereocenters. The molecule has 1 aliphatic carbocycles. The summed E-state index contributed by atoms with van der Waals surface area (Å²) in [6.45, 7) is 0. The molecule has 0 bridgehead atoms. The number of aromatic nitrogens is 1. The number of carbonyl (C=O) groups is 1. The highest BCUT2D eigenvalue weighted by molar-refractivity contribution is 6.04. The Morgan fingerprint density at radius 1 is 1.17 bits per heavy atom. The van der Waals surface area contributed by atoms with Crippen LogP contribution < -0.4 is 14.9 Å². The van der Waals surface area contributed by atoms with Crippen LogP contribution in [0, 0.1) is 0 Å². The first-order valence-electron chi connectivity index (χ1n) is 7.26. The molecule has 0 fully saturated rings. The summed E-state index contributed by atoms with van der Waals surface area (Å²) in [5.74, 6) is 0.771. The average molecular weight is 311 g/mol. The standard InChI is InChI=1S/C17H17N3O3/c1-22-14-8-6-12(10-15(14)23-2)17(21)20-19-13-7-5-11-4-3-9-18-16(11)13/h3-4,6,8-10H,5,7H2,1-2H3,(H,20,21). The zero-order chi connectivity index (χ0) is 16.2. The van der Waals surface area contributed by atoms with Gasteiger partial charge in [-0.05, 0) is 42.7 Å². The minimum absolute atomic E-state index is 0.303. The number of rotatable bonds is 4. The second kappa shape index (κ2) is 6.48. The number of nitrogens with one attached hydrogen (secondary N) is 1. The Balaban J connectivity index is 1.77. The second-order valence-electron chi connectivity index (χ2n) is 5.08. The fourth-order valence-electron chi connectivity index (χ4n) is 2.54. The predicted molar refractivity (Wildman–Crippen MR) is 86.1 cm³/mol. The Morgan fingerprint density at radius 3 is 2.78 bits per heavy atom. The molecule has 0 aliphatic heterocycles. The molecule has 1 aromatic carbocycles. The van der Waals surface area contributed by atoms with Crippen LogP contribution in [0.5, 0.6) is 11.5 Å². The van der Waals surface area contributed by atoms with Gasteiger partial charge in [-0.15, -0.1) is 0 Å². The van der Waals surface area contributed by atoms with Gasteiger partial charge in [0.25, 0.3) is 5.91 Å². The topological polar surface area (TPSA) is 72.8 Å². The molecule has 6 nitrogen and oxygen atoms in total. The minimum atomic E-state index is -0.303. The maximum absolute atomic E-state index is 12.2. The molecule has 23 heavy (non-hydrogen) atoms. The van der Waals surface area contributed by atoms with Crippen molar-refractivity contribution in [3.05, 3.63) is 53.3 Å².